The number of rotatable bonds is 6. The molecule has 0 atom stereocenters. The van der Waals surface area contributed by atoms with Gasteiger partial charge in [0.1, 0.15) is 5.75 Å². The van der Waals surface area contributed by atoms with Gasteiger partial charge in [-0.15, -0.1) is 0 Å². The van der Waals surface area contributed by atoms with Crippen LogP contribution in [0.15, 0.2) is 12.1 Å². The first-order valence-electron chi connectivity index (χ1n) is 6.31. The molecule has 0 saturated carbocycles. The van der Waals surface area contributed by atoms with Gasteiger partial charge in [0, 0.05) is 30.1 Å². The summed E-state index contributed by atoms with van der Waals surface area (Å²) < 4.78 is 5.21. The lowest BCUT2D eigenvalue weighted by Gasteiger charge is -2.13. The Morgan fingerprint density at radius 1 is 1.42 bits per heavy atom. The molecule has 0 aliphatic heterocycles. The summed E-state index contributed by atoms with van der Waals surface area (Å²) >= 11 is 6.02. The van der Waals surface area contributed by atoms with E-state index in [1.807, 2.05) is 26.8 Å². The maximum Gasteiger partial charge on any atom is 0.225 e. The molecule has 0 unspecified atom stereocenters. The predicted octanol–water partition coefficient (Wildman–Crippen LogP) is 2.98. The minimum atomic E-state index is -0.0480. The zero-order chi connectivity index (χ0) is 14.4. The standard InChI is InChI=1S/C14H21ClN2O2/c1-9(2)16-6-5-14(18)17-12-7-10(3)11(15)8-13(12)19-4/h7-9,16H,5-6H2,1-4H3,(H,17,18). The molecule has 1 aromatic carbocycles. The van der Waals surface area contributed by atoms with E-state index in [4.69, 9.17) is 16.3 Å². The Morgan fingerprint density at radius 2 is 2.11 bits per heavy atom. The molecule has 0 spiro atoms. The first kappa shape index (κ1) is 15.8. The van der Waals surface area contributed by atoms with Crippen molar-refractivity contribution in [2.45, 2.75) is 33.2 Å². The molecule has 1 amide bonds. The molecule has 0 heterocycles. The Morgan fingerprint density at radius 3 is 2.68 bits per heavy atom. The van der Waals surface area contributed by atoms with Crippen molar-refractivity contribution in [3.8, 4) is 5.75 Å². The van der Waals surface area contributed by atoms with Crippen molar-refractivity contribution >= 4 is 23.2 Å². The average Bonchev–Trinajstić information content (AvgIpc) is 2.33. The predicted molar refractivity (Wildman–Crippen MR) is 79.1 cm³/mol. The Bertz CT molecular complexity index is 447. The van der Waals surface area contributed by atoms with Crippen LogP contribution in [0.1, 0.15) is 25.8 Å². The molecule has 0 aromatic heterocycles. The van der Waals surface area contributed by atoms with Gasteiger partial charge in [-0.1, -0.05) is 25.4 Å². The number of amides is 1. The second-order valence-corrected chi connectivity index (χ2v) is 5.12. The second kappa shape index (κ2) is 7.36. The van der Waals surface area contributed by atoms with Crippen LogP contribution in [-0.2, 0) is 4.79 Å². The third-order valence-corrected chi connectivity index (χ3v) is 3.07. The van der Waals surface area contributed by atoms with Gasteiger partial charge < -0.3 is 15.4 Å². The Balaban J connectivity index is 2.65. The lowest BCUT2D eigenvalue weighted by Crippen LogP contribution is -2.27. The molecule has 0 fully saturated rings. The third-order valence-electron chi connectivity index (χ3n) is 2.66. The van der Waals surface area contributed by atoms with Gasteiger partial charge in [0.25, 0.3) is 0 Å². The number of benzene rings is 1. The molecule has 0 saturated heterocycles. The molecule has 2 N–H and O–H groups in total. The molecule has 1 aromatic rings. The van der Waals surface area contributed by atoms with E-state index in [-0.39, 0.29) is 5.91 Å². The molecule has 19 heavy (non-hydrogen) atoms. The summed E-state index contributed by atoms with van der Waals surface area (Å²) in [5, 5.41) is 6.66. The fourth-order valence-corrected chi connectivity index (χ4v) is 1.77. The zero-order valence-electron chi connectivity index (χ0n) is 11.8. The van der Waals surface area contributed by atoms with E-state index >= 15 is 0 Å². The lowest BCUT2D eigenvalue weighted by atomic mass is 10.2. The summed E-state index contributed by atoms with van der Waals surface area (Å²) in [5.74, 6) is 0.522. The fraction of sp³-hybridized carbons (Fsp3) is 0.500. The van der Waals surface area contributed by atoms with E-state index in [0.29, 0.717) is 35.5 Å². The second-order valence-electron chi connectivity index (χ2n) is 4.71. The van der Waals surface area contributed by atoms with Gasteiger partial charge >= 0.3 is 0 Å². The Kier molecular flexibility index (Phi) is 6.12. The molecule has 0 radical (unpaired) electrons. The number of ether oxygens (including phenoxy) is 1. The van der Waals surface area contributed by atoms with Crippen LogP contribution in [0.25, 0.3) is 0 Å². The third kappa shape index (κ3) is 5.09. The number of carbonyl (C=O) groups excluding carboxylic acids is 1. The van der Waals surface area contributed by atoms with E-state index in [1.165, 1.54) is 0 Å². The van der Waals surface area contributed by atoms with Gasteiger partial charge in [-0.25, -0.2) is 0 Å². The van der Waals surface area contributed by atoms with Gasteiger partial charge in [-0.05, 0) is 18.6 Å². The van der Waals surface area contributed by atoms with Gasteiger partial charge in [0.2, 0.25) is 5.91 Å². The maximum absolute atomic E-state index is 11.8. The van der Waals surface area contributed by atoms with Gasteiger partial charge in [-0.2, -0.15) is 0 Å². The maximum atomic E-state index is 11.8. The summed E-state index contributed by atoms with van der Waals surface area (Å²) in [4.78, 5) is 11.8. The van der Waals surface area contributed by atoms with Gasteiger partial charge in [0.15, 0.2) is 0 Å². The average molecular weight is 285 g/mol. The number of halogens is 1. The monoisotopic (exact) mass is 284 g/mol. The van der Waals surface area contributed by atoms with Crippen LogP contribution in [0.5, 0.6) is 5.75 Å². The highest BCUT2D eigenvalue weighted by molar-refractivity contribution is 6.31. The molecule has 5 heteroatoms. The lowest BCUT2D eigenvalue weighted by molar-refractivity contribution is -0.116. The summed E-state index contributed by atoms with van der Waals surface area (Å²) in [5.41, 5.74) is 1.55. The topological polar surface area (TPSA) is 50.4 Å². The van der Waals surface area contributed by atoms with Crippen molar-refractivity contribution in [2.75, 3.05) is 19.0 Å². The molecule has 0 aliphatic rings. The molecule has 4 nitrogen and oxygen atoms in total. The summed E-state index contributed by atoms with van der Waals surface area (Å²) in [6.45, 7) is 6.63. The van der Waals surface area contributed by atoms with Crippen LogP contribution >= 0.6 is 11.6 Å². The minimum absolute atomic E-state index is 0.0480. The Labute approximate surface area is 119 Å². The SMILES string of the molecule is COc1cc(Cl)c(C)cc1NC(=O)CCNC(C)C. The van der Waals surface area contributed by atoms with Crippen molar-refractivity contribution in [2.24, 2.45) is 0 Å². The Hall–Kier alpha value is -1.26. The fourth-order valence-electron chi connectivity index (χ4n) is 1.62. The molecular weight excluding hydrogens is 264 g/mol. The van der Waals surface area contributed by atoms with Crippen molar-refractivity contribution in [1.29, 1.82) is 0 Å². The van der Waals surface area contributed by atoms with Crippen LogP contribution in [-0.4, -0.2) is 25.6 Å². The molecule has 0 aliphatic carbocycles. The number of aryl methyl sites for hydroxylation is 1. The highest BCUT2D eigenvalue weighted by Gasteiger charge is 2.10. The van der Waals surface area contributed by atoms with Crippen molar-refractivity contribution < 1.29 is 9.53 Å². The summed E-state index contributed by atoms with van der Waals surface area (Å²) in [6, 6.07) is 3.90. The minimum Gasteiger partial charge on any atom is -0.495 e. The molecule has 0 bridgehead atoms. The van der Waals surface area contributed by atoms with Gasteiger partial charge in [0.05, 0.1) is 12.8 Å². The van der Waals surface area contributed by atoms with E-state index in [2.05, 4.69) is 10.6 Å². The van der Waals surface area contributed by atoms with Crippen molar-refractivity contribution in [1.82, 2.24) is 5.32 Å². The smallest absolute Gasteiger partial charge is 0.225 e. The largest absolute Gasteiger partial charge is 0.495 e. The molecule has 106 valence electrons. The first-order chi connectivity index (χ1) is 8.93. The van der Waals surface area contributed by atoms with Crippen LogP contribution in [0.4, 0.5) is 5.69 Å². The number of nitrogens with one attached hydrogen (secondary N) is 2. The molecular formula is C14H21ClN2O2. The molecule has 1 rings (SSSR count). The number of hydrogen-bond acceptors (Lipinski definition) is 3. The number of hydrogen-bond donors (Lipinski definition) is 2. The summed E-state index contributed by atoms with van der Waals surface area (Å²) in [6.07, 6.45) is 0.420. The van der Waals surface area contributed by atoms with E-state index < -0.39 is 0 Å². The van der Waals surface area contributed by atoms with Crippen LogP contribution in [0.3, 0.4) is 0 Å². The number of carbonyl (C=O) groups is 1. The zero-order valence-corrected chi connectivity index (χ0v) is 12.6. The van der Waals surface area contributed by atoms with Crippen LogP contribution in [0.2, 0.25) is 5.02 Å². The van der Waals surface area contributed by atoms with E-state index in [0.717, 1.165) is 5.56 Å². The van der Waals surface area contributed by atoms with Crippen LogP contribution in [0, 0.1) is 6.92 Å². The van der Waals surface area contributed by atoms with E-state index in [1.54, 1.807) is 13.2 Å². The van der Waals surface area contributed by atoms with E-state index in [9.17, 15) is 4.79 Å². The highest BCUT2D eigenvalue weighted by Crippen LogP contribution is 2.30. The van der Waals surface area contributed by atoms with Crippen molar-refractivity contribution in [3.05, 3.63) is 22.7 Å². The highest BCUT2D eigenvalue weighted by atomic mass is 35.5. The normalized spacial score (nSPS) is 10.6. The summed E-state index contributed by atoms with van der Waals surface area (Å²) in [7, 11) is 1.55. The van der Waals surface area contributed by atoms with Crippen molar-refractivity contribution in [3.63, 3.8) is 0 Å². The number of methoxy groups -OCH3 is 1. The first-order valence-corrected chi connectivity index (χ1v) is 6.69. The number of anilines is 1. The van der Waals surface area contributed by atoms with Gasteiger partial charge in [-0.3, -0.25) is 4.79 Å². The quantitative estimate of drug-likeness (QED) is 0.844. The van der Waals surface area contributed by atoms with Crippen LogP contribution < -0.4 is 15.4 Å².